The molecule has 0 radical (unpaired) electrons. The van der Waals surface area contributed by atoms with Crippen LogP contribution in [0.5, 0.6) is 0 Å². The van der Waals surface area contributed by atoms with Crippen molar-refractivity contribution in [2.75, 3.05) is 38.0 Å². The number of hydrogen-bond acceptors (Lipinski definition) is 8. The number of aldehydes is 1. The Morgan fingerprint density at radius 1 is 0.787 bits per heavy atom. The van der Waals surface area contributed by atoms with Crippen molar-refractivity contribution in [2.45, 2.75) is 26.4 Å². The quantitative estimate of drug-likeness (QED) is 0.0761. The van der Waals surface area contributed by atoms with Gasteiger partial charge in [-0.1, -0.05) is 34.1 Å². The van der Waals surface area contributed by atoms with E-state index in [1.807, 2.05) is 63.4 Å². The molecule has 10 heteroatoms. The minimum Gasteiger partial charge on any atom is -0.465 e. The average Bonchev–Trinajstić information content (AvgIpc) is 3.76. The molecule has 6 nitrogen and oxygen atoms in total. The monoisotopic (exact) mass is 745 g/mol. The zero-order valence-electron chi connectivity index (χ0n) is 27.3. The molecule has 242 valence electrons. The molecular formula is C37H36BrN3O3S3. The lowest BCUT2D eigenvalue weighted by atomic mass is 10.2. The van der Waals surface area contributed by atoms with E-state index in [0.717, 1.165) is 47.4 Å². The normalized spacial score (nSPS) is 11.3. The van der Waals surface area contributed by atoms with Gasteiger partial charge in [-0.3, -0.25) is 9.59 Å². The molecule has 0 unspecified atom stereocenters. The highest BCUT2D eigenvalue weighted by molar-refractivity contribution is 9.10. The maximum Gasteiger partial charge on any atom is 0.336 e. The van der Waals surface area contributed by atoms with E-state index in [2.05, 4.69) is 73.5 Å². The molecule has 0 saturated heterocycles. The van der Waals surface area contributed by atoms with E-state index in [9.17, 15) is 9.59 Å². The third-order valence-electron chi connectivity index (χ3n) is 6.62. The zero-order valence-corrected chi connectivity index (χ0v) is 31.4. The molecule has 0 N–H and O–H groups in total. The molecule has 3 aromatic carbocycles. The second kappa shape index (κ2) is 15.7. The summed E-state index contributed by atoms with van der Waals surface area (Å²) in [6.07, 6.45) is 2.50. The first-order valence-corrected chi connectivity index (χ1v) is 17.9. The number of nitrogens with zero attached hydrogens (tertiary/aromatic N) is 3. The Hall–Kier alpha value is -4.01. The third-order valence-corrected chi connectivity index (χ3v) is 10.1. The van der Waals surface area contributed by atoms with Crippen molar-refractivity contribution < 1.29 is 14.3 Å². The lowest BCUT2D eigenvalue weighted by molar-refractivity contribution is -0.149. The van der Waals surface area contributed by atoms with Crippen LogP contribution in [0.4, 0.5) is 11.4 Å². The predicted molar refractivity (Wildman–Crippen MR) is 208 cm³/mol. The van der Waals surface area contributed by atoms with Gasteiger partial charge in [-0.05, 0) is 103 Å². The van der Waals surface area contributed by atoms with Crippen molar-refractivity contribution >= 4 is 110 Å². The Balaban J connectivity index is 0.000000175. The molecule has 6 rings (SSSR count). The van der Waals surface area contributed by atoms with Crippen LogP contribution in [0.15, 0.2) is 88.3 Å². The van der Waals surface area contributed by atoms with Gasteiger partial charge < -0.3 is 14.5 Å². The summed E-state index contributed by atoms with van der Waals surface area (Å²) < 4.78 is 10.0. The zero-order chi connectivity index (χ0) is 34.3. The summed E-state index contributed by atoms with van der Waals surface area (Å²) in [4.78, 5) is 31.7. The van der Waals surface area contributed by atoms with Gasteiger partial charge in [-0.15, -0.1) is 34.0 Å². The lowest BCUT2D eigenvalue weighted by Gasteiger charge is -2.19. The summed E-state index contributed by atoms with van der Waals surface area (Å²) in [6.45, 7) is 12.6. The Morgan fingerprint density at radius 2 is 1.34 bits per heavy atom. The number of ether oxygens (including phenoxy) is 1. The SMILES string of the molecule is Brc1ccc2ccsc2c1.CN(C)c1ccc2cc(C=O)sc2c1.[C-]#[N+]/C(=C\c1cc2ccc(N(C)C)cc2s1)C(=O)OC(C)(C)C. The molecule has 0 saturated carbocycles. The standard InChI is InChI=1S/C18H20N2O2S.C11H11NOS.C8H5BrS/c1-18(2,3)22-17(21)15(19-4)11-14-9-12-7-8-13(20(5)6)10-16(12)23-14;1-12(2)9-4-3-8-5-10(7-13)14-11(8)6-9;9-7-2-1-6-3-4-10-8(6)5-7/h7-11H,1-3,5-6H3;3-7H,1-2H3;1-5H/b15-11-;;. The highest BCUT2D eigenvalue weighted by atomic mass is 79.9. The van der Waals surface area contributed by atoms with E-state index >= 15 is 0 Å². The van der Waals surface area contributed by atoms with Crippen LogP contribution in [0, 0.1) is 6.57 Å². The van der Waals surface area contributed by atoms with E-state index in [4.69, 9.17) is 11.3 Å². The Morgan fingerprint density at radius 3 is 1.87 bits per heavy atom. The van der Waals surface area contributed by atoms with Crippen molar-refractivity contribution in [3.63, 3.8) is 0 Å². The van der Waals surface area contributed by atoms with Gasteiger partial charge in [0.05, 0.1) is 11.4 Å². The molecule has 6 aromatic rings. The van der Waals surface area contributed by atoms with Gasteiger partial charge >= 0.3 is 5.97 Å². The number of carbonyl (C=O) groups excluding carboxylic acids is 2. The smallest absolute Gasteiger partial charge is 0.336 e. The van der Waals surface area contributed by atoms with Gasteiger partial charge in [0.25, 0.3) is 5.70 Å². The number of benzene rings is 3. The Labute approximate surface area is 296 Å². The van der Waals surface area contributed by atoms with E-state index < -0.39 is 11.6 Å². The van der Waals surface area contributed by atoms with Gasteiger partial charge in [0.1, 0.15) is 5.60 Å². The number of carbonyl (C=O) groups is 2. The predicted octanol–water partition coefficient (Wildman–Crippen LogP) is 11.0. The van der Waals surface area contributed by atoms with Crippen molar-refractivity contribution in [3.05, 3.63) is 110 Å². The van der Waals surface area contributed by atoms with E-state index in [1.165, 1.54) is 26.1 Å². The summed E-state index contributed by atoms with van der Waals surface area (Å²) >= 11 is 8.28. The fourth-order valence-electron chi connectivity index (χ4n) is 4.30. The van der Waals surface area contributed by atoms with Crippen LogP contribution in [0.1, 0.15) is 35.3 Å². The maximum absolute atomic E-state index is 12.0. The molecule has 0 aliphatic carbocycles. The van der Waals surface area contributed by atoms with Crippen LogP contribution >= 0.6 is 49.9 Å². The van der Waals surface area contributed by atoms with E-state index in [0.29, 0.717) is 0 Å². The molecular weight excluding hydrogens is 711 g/mol. The molecule has 0 aliphatic heterocycles. The van der Waals surface area contributed by atoms with Crippen molar-refractivity contribution in [1.82, 2.24) is 0 Å². The first kappa shape index (κ1) is 35.8. The first-order valence-electron chi connectivity index (χ1n) is 14.6. The maximum atomic E-state index is 12.0. The van der Waals surface area contributed by atoms with Crippen LogP contribution in [0.3, 0.4) is 0 Å². The summed E-state index contributed by atoms with van der Waals surface area (Å²) in [5, 5.41) is 5.67. The first-order chi connectivity index (χ1) is 22.3. The van der Waals surface area contributed by atoms with E-state index in [-0.39, 0.29) is 5.70 Å². The number of esters is 1. The second-order valence-corrected chi connectivity index (χ2v) is 16.0. The van der Waals surface area contributed by atoms with Gasteiger partial charge in [-0.25, -0.2) is 4.85 Å². The fraction of sp³-hybridized carbons (Fsp3) is 0.216. The fourth-order valence-corrected chi connectivity index (χ4v) is 7.59. The van der Waals surface area contributed by atoms with Gasteiger partial charge in [0.2, 0.25) is 0 Å². The summed E-state index contributed by atoms with van der Waals surface area (Å²) in [5.74, 6) is -0.584. The highest BCUT2D eigenvalue weighted by Gasteiger charge is 2.20. The summed E-state index contributed by atoms with van der Waals surface area (Å²) in [5.41, 5.74) is 1.67. The molecule has 0 bridgehead atoms. The number of rotatable bonds is 5. The second-order valence-electron chi connectivity index (χ2n) is 11.9. The van der Waals surface area contributed by atoms with Crippen LogP contribution in [-0.4, -0.2) is 46.0 Å². The summed E-state index contributed by atoms with van der Waals surface area (Å²) in [7, 11) is 8.01. The molecule has 0 spiro atoms. The Kier molecular flexibility index (Phi) is 12.0. The molecule has 0 atom stereocenters. The number of anilines is 2. The van der Waals surface area contributed by atoms with Crippen LogP contribution in [0.25, 0.3) is 41.2 Å². The minimum atomic E-state index is -0.609. The molecule has 0 aliphatic rings. The van der Waals surface area contributed by atoms with Crippen LogP contribution < -0.4 is 9.80 Å². The Bertz CT molecular complexity index is 2090. The number of fused-ring (bicyclic) bond motifs is 3. The van der Waals surface area contributed by atoms with Crippen LogP contribution in [0.2, 0.25) is 0 Å². The lowest BCUT2D eigenvalue weighted by Crippen LogP contribution is -2.24. The minimum absolute atomic E-state index is 0.000635. The molecule has 0 fully saturated rings. The van der Waals surface area contributed by atoms with Gasteiger partial charge in [0, 0.05) is 63.0 Å². The molecule has 47 heavy (non-hydrogen) atoms. The molecule has 0 amide bonds. The number of thiophene rings is 3. The molecule has 3 aromatic heterocycles. The number of hydrogen-bond donors (Lipinski definition) is 0. The van der Waals surface area contributed by atoms with Crippen molar-refractivity contribution in [2.24, 2.45) is 0 Å². The van der Waals surface area contributed by atoms with Crippen molar-refractivity contribution in [3.8, 4) is 0 Å². The third kappa shape index (κ3) is 9.99. The largest absolute Gasteiger partial charge is 0.465 e. The number of halogens is 1. The van der Waals surface area contributed by atoms with Crippen molar-refractivity contribution in [1.29, 1.82) is 0 Å². The van der Waals surface area contributed by atoms with E-state index in [1.54, 1.807) is 49.5 Å². The highest BCUT2D eigenvalue weighted by Crippen LogP contribution is 2.31. The topological polar surface area (TPSA) is 54.2 Å². The summed E-state index contributed by atoms with van der Waals surface area (Å²) in [6, 6.07) is 24.8. The average molecular weight is 747 g/mol. The van der Waals surface area contributed by atoms with Gasteiger partial charge in [-0.2, -0.15) is 0 Å². The van der Waals surface area contributed by atoms with Gasteiger partial charge in [0.15, 0.2) is 6.29 Å². The molecule has 3 heterocycles. The van der Waals surface area contributed by atoms with Crippen LogP contribution in [-0.2, 0) is 9.53 Å².